The summed E-state index contributed by atoms with van der Waals surface area (Å²) < 4.78 is 53.9. The monoisotopic (exact) mass is 395 g/mol. The topological polar surface area (TPSA) is 56.8 Å². The second-order valence-electron chi connectivity index (χ2n) is 5.69. The Morgan fingerprint density at radius 3 is 2.25 bits per heavy atom. The van der Waals surface area contributed by atoms with E-state index in [1.807, 2.05) is 0 Å². The van der Waals surface area contributed by atoms with Gasteiger partial charge in [0.2, 0.25) is 5.91 Å². The highest BCUT2D eigenvalue weighted by Crippen LogP contribution is 2.34. The van der Waals surface area contributed by atoms with Crippen LogP contribution in [0.2, 0.25) is 0 Å². The summed E-state index contributed by atoms with van der Waals surface area (Å²) in [7, 11) is 4.47. The predicted octanol–water partition coefficient (Wildman–Crippen LogP) is 4.06. The molecule has 0 atom stereocenters. The number of hydrogen-bond acceptors (Lipinski definition) is 4. The maximum atomic E-state index is 12.7. The van der Waals surface area contributed by atoms with E-state index >= 15 is 0 Å². The molecule has 5 nitrogen and oxygen atoms in total. The van der Waals surface area contributed by atoms with Gasteiger partial charge in [-0.05, 0) is 29.8 Å². The minimum Gasteiger partial charge on any atom is -0.496 e. The van der Waals surface area contributed by atoms with Gasteiger partial charge in [-0.25, -0.2) is 0 Å². The van der Waals surface area contributed by atoms with Gasteiger partial charge in [0.25, 0.3) is 0 Å². The van der Waals surface area contributed by atoms with Crippen molar-refractivity contribution >= 4 is 12.0 Å². The molecule has 0 unspecified atom stereocenters. The van der Waals surface area contributed by atoms with Gasteiger partial charge in [0.15, 0.2) is 11.5 Å². The number of nitrogens with one attached hydrogen (secondary N) is 1. The van der Waals surface area contributed by atoms with Gasteiger partial charge in [-0.2, -0.15) is 13.2 Å². The van der Waals surface area contributed by atoms with Gasteiger partial charge in [-0.1, -0.05) is 12.1 Å². The molecule has 28 heavy (non-hydrogen) atoms. The lowest BCUT2D eigenvalue weighted by atomic mass is 10.1. The van der Waals surface area contributed by atoms with E-state index in [0.29, 0.717) is 22.8 Å². The molecule has 2 aromatic rings. The summed E-state index contributed by atoms with van der Waals surface area (Å²) in [6, 6.07) is 8.03. The first kappa shape index (κ1) is 21.1. The molecule has 0 aliphatic heterocycles. The fourth-order valence-corrected chi connectivity index (χ4v) is 2.46. The smallest absolute Gasteiger partial charge is 0.416 e. The molecule has 8 heteroatoms. The second-order valence-corrected chi connectivity index (χ2v) is 5.69. The Hall–Kier alpha value is -3.16. The number of carbonyl (C=O) groups is 1. The van der Waals surface area contributed by atoms with Crippen LogP contribution >= 0.6 is 0 Å². The van der Waals surface area contributed by atoms with Crippen molar-refractivity contribution in [1.82, 2.24) is 5.32 Å². The van der Waals surface area contributed by atoms with E-state index < -0.39 is 17.6 Å². The number of halogens is 3. The van der Waals surface area contributed by atoms with Crippen molar-refractivity contribution in [1.29, 1.82) is 0 Å². The summed E-state index contributed by atoms with van der Waals surface area (Å²) in [4.78, 5) is 12.0. The highest BCUT2D eigenvalue weighted by Gasteiger charge is 2.30. The van der Waals surface area contributed by atoms with Gasteiger partial charge < -0.3 is 19.5 Å². The quantitative estimate of drug-likeness (QED) is 0.719. The fraction of sp³-hybridized carbons (Fsp3) is 0.250. The normalized spacial score (nSPS) is 11.4. The van der Waals surface area contributed by atoms with E-state index in [4.69, 9.17) is 14.2 Å². The number of benzene rings is 2. The lowest BCUT2D eigenvalue weighted by Gasteiger charge is -2.14. The average Bonchev–Trinajstić information content (AvgIpc) is 2.69. The fourth-order valence-electron chi connectivity index (χ4n) is 2.46. The van der Waals surface area contributed by atoms with Crippen LogP contribution in [0.5, 0.6) is 17.2 Å². The maximum absolute atomic E-state index is 12.7. The summed E-state index contributed by atoms with van der Waals surface area (Å²) in [6.45, 7) is 0.134. The molecule has 0 heterocycles. The molecule has 0 aliphatic carbocycles. The zero-order valence-electron chi connectivity index (χ0n) is 15.6. The molecule has 0 bridgehead atoms. The number of methoxy groups -OCH3 is 3. The Balaban J connectivity index is 2.07. The third kappa shape index (κ3) is 5.42. The lowest BCUT2D eigenvalue weighted by molar-refractivity contribution is -0.137. The van der Waals surface area contributed by atoms with Crippen molar-refractivity contribution in [3.63, 3.8) is 0 Å². The highest BCUT2D eigenvalue weighted by atomic mass is 19.4. The molecule has 150 valence electrons. The third-order valence-corrected chi connectivity index (χ3v) is 3.88. The number of hydrogen-bond donors (Lipinski definition) is 1. The molecule has 0 aromatic heterocycles. The van der Waals surface area contributed by atoms with Gasteiger partial charge in [0.05, 0.1) is 26.9 Å². The second kappa shape index (κ2) is 9.16. The standard InChI is InChI=1S/C20H20F3NO4/c1-26-16-11-18(28-3)17(27-2)10-14(16)12-24-19(25)8-7-13-5-4-6-15(9-13)20(21,22)23/h4-11H,12H2,1-3H3,(H,24,25). The van der Waals surface area contributed by atoms with Gasteiger partial charge >= 0.3 is 6.18 Å². The molecule has 1 amide bonds. The third-order valence-electron chi connectivity index (χ3n) is 3.88. The van der Waals surface area contributed by atoms with Crippen LogP contribution in [0.15, 0.2) is 42.5 Å². The van der Waals surface area contributed by atoms with Crippen molar-refractivity contribution in [2.75, 3.05) is 21.3 Å². The average molecular weight is 395 g/mol. The maximum Gasteiger partial charge on any atom is 0.416 e. The van der Waals surface area contributed by atoms with E-state index in [-0.39, 0.29) is 12.1 Å². The van der Waals surface area contributed by atoms with Crippen LogP contribution in [0.3, 0.4) is 0 Å². The largest absolute Gasteiger partial charge is 0.496 e. The zero-order valence-corrected chi connectivity index (χ0v) is 15.6. The number of ether oxygens (including phenoxy) is 3. The molecular weight excluding hydrogens is 375 g/mol. The van der Waals surface area contributed by atoms with Crippen molar-refractivity contribution in [3.05, 3.63) is 59.2 Å². The molecule has 0 spiro atoms. The minimum absolute atomic E-state index is 0.134. The first-order chi connectivity index (χ1) is 13.3. The Bertz CT molecular complexity index is 863. The van der Waals surface area contributed by atoms with Gasteiger partial charge in [-0.15, -0.1) is 0 Å². The van der Waals surface area contributed by atoms with Crippen LogP contribution < -0.4 is 19.5 Å². The Morgan fingerprint density at radius 1 is 1.00 bits per heavy atom. The number of rotatable bonds is 7. The number of amides is 1. The first-order valence-corrected chi connectivity index (χ1v) is 8.20. The summed E-state index contributed by atoms with van der Waals surface area (Å²) in [5, 5.41) is 2.65. The van der Waals surface area contributed by atoms with Crippen LogP contribution in [-0.2, 0) is 17.5 Å². The lowest BCUT2D eigenvalue weighted by Crippen LogP contribution is -2.20. The number of carbonyl (C=O) groups excluding carboxylic acids is 1. The minimum atomic E-state index is -4.43. The van der Waals surface area contributed by atoms with Crippen molar-refractivity contribution in [3.8, 4) is 17.2 Å². The van der Waals surface area contributed by atoms with Gasteiger partial charge in [-0.3, -0.25) is 4.79 Å². The molecule has 0 fully saturated rings. The molecule has 1 N–H and O–H groups in total. The van der Waals surface area contributed by atoms with Crippen LogP contribution in [0.25, 0.3) is 6.08 Å². The van der Waals surface area contributed by atoms with E-state index in [2.05, 4.69) is 5.32 Å². The van der Waals surface area contributed by atoms with Crippen LogP contribution in [0.4, 0.5) is 13.2 Å². The van der Waals surface area contributed by atoms with Gasteiger partial charge in [0, 0.05) is 24.3 Å². The van der Waals surface area contributed by atoms with Gasteiger partial charge in [0.1, 0.15) is 5.75 Å². The zero-order chi connectivity index (χ0) is 20.7. The first-order valence-electron chi connectivity index (χ1n) is 8.20. The molecular formula is C20H20F3NO4. The molecule has 0 saturated carbocycles. The predicted molar refractivity (Wildman–Crippen MR) is 98.4 cm³/mol. The highest BCUT2D eigenvalue weighted by molar-refractivity contribution is 5.91. The Morgan fingerprint density at radius 2 is 1.64 bits per heavy atom. The molecule has 0 saturated heterocycles. The van der Waals surface area contributed by atoms with Crippen molar-refractivity contribution in [2.45, 2.75) is 12.7 Å². The van der Waals surface area contributed by atoms with Crippen LogP contribution in [0, 0.1) is 0 Å². The van der Waals surface area contributed by atoms with E-state index in [1.54, 1.807) is 12.1 Å². The SMILES string of the molecule is COc1cc(OC)c(OC)cc1CNC(=O)C=Cc1cccc(C(F)(F)F)c1. The van der Waals surface area contributed by atoms with Crippen molar-refractivity contribution < 1.29 is 32.2 Å². The summed E-state index contributed by atoms with van der Waals surface area (Å²) >= 11 is 0. The Labute approximate surface area is 160 Å². The molecule has 0 radical (unpaired) electrons. The molecule has 2 rings (SSSR count). The molecule has 2 aromatic carbocycles. The van der Waals surface area contributed by atoms with Crippen LogP contribution in [0.1, 0.15) is 16.7 Å². The van der Waals surface area contributed by atoms with E-state index in [1.165, 1.54) is 45.6 Å². The summed E-state index contributed by atoms with van der Waals surface area (Å²) in [6.07, 6.45) is -1.95. The molecule has 0 aliphatic rings. The Kier molecular flexibility index (Phi) is 6.92. The van der Waals surface area contributed by atoms with Crippen molar-refractivity contribution in [2.24, 2.45) is 0 Å². The summed E-state index contributed by atoms with van der Waals surface area (Å²) in [5.41, 5.74) is 0.153. The van der Waals surface area contributed by atoms with Crippen LogP contribution in [-0.4, -0.2) is 27.2 Å². The summed E-state index contributed by atoms with van der Waals surface area (Å²) in [5.74, 6) is 1.000. The van der Waals surface area contributed by atoms with E-state index in [0.717, 1.165) is 12.1 Å². The number of alkyl halides is 3. The van der Waals surface area contributed by atoms with E-state index in [9.17, 15) is 18.0 Å².